The van der Waals surface area contributed by atoms with Gasteiger partial charge in [0.05, 0.1) is 29.6 Å². The number of esters is 3. The maximum Gasteiger partial charge on any atom is 0.338 e. The van der Waals surface area contributed by atoms with Crippen LogP contribution >= 0.6 is 0 Å². The average molecular weight is 488 g/mol. The monoisotopic (exact) mass is 488 g/mol. The van der Waals surface area contributed by atoms with Crippen LogP contribution in [0.15, 0.2) is 104 Å². The highest BCUT2D eigenvalue weighted by atomic mass is 16.7. The molecule has 1 aliphatic rings. The van der Waals surface area contributed by atoms with Crippen molar-refractivity contribution < 1.29 is 38.1 Å². The van der Waals surface area contributed by atoms with E-state index in [0.717, 1.165) is 6.26 Å². The first-order valence-corrected chi connectivity index (χ1v) is 11.2. The Hall–Kier alpha value is -4.43. The lowest BCUT2D eigenvalue weighted by Crippen LogP contribution is -2.58. The second kappa shape index (κ2) is 11.8. The van der Waals surface area contributed by atoms with Crippen LogP contribution in [-0.2, 0) is 23.7 Å². The Bertz CT molecular complexity index is 1180. The minimum absolute atomic E-state index is 0.177. The van der Waals surface area contributed by atoms with Gasteiger partial charge < -0.3 is 23.7 Å². The van der Waals surface area contributed by atoms with E-state index in [4.69, 9.17) is 23.7 Å². The molecule has 0 saturated carbocycles. The van der Waals surface area contributed by atoms with E-state index < -0.39 is 42.5 Å². The van der Waals surface area contributed by atoms with Crippen molar-refractivity contribution in [3.05, 3.63) is 121 Å². The second-order valence-corrected chi connectivity index (χ2v) is 7.79. The largest absolute Gasteiger partial charge is 0.469 e. The predicted octanol–water partition coefficient (Wildman–Crippen LogP) is 4.18. The van der Waals surface area contributed by atoms with E-state index in [2.05, 4.69) is 6.58 Å². The summed E-state index contributed by atoms with van der Waals surface area (Å²) in [6, 6.07) is 24.9. The van der Waals surface area contributed by atoms with Crippen LogP contribution in [0.4, 0.5) is 0 Å². The number of rotatable bonds is 8. The first-order chi connectivity index (χ1) is 17.6. The number of carbonyl (C=O) groups excluding carboxylic acids is 3. The molecule has 0 unspecified atom stereocenters. The number of benzene rings is 3. The standard InChI is InChI=1S/C28H24O8/c1-2-32-28-24(36-27(31)21-16-10-5-11-17-21)23(35-26(30)20-14-8-4-9-15-20)22(18-33-28)34-25(29)19-12-6-3-7-13-19/h2-17,22-24,28H,1,18H2/t22-,23-,24-,28-/m1/s1. The van der Waals surface area contributed by atoms with Crippen LogP contribution in [0.25, 0.3) is 0 Å². The molecule has 0 radical (unpaired) electrons. The summed E-state index contributed by atoms with van der Waals surface area (Å²) < 4.78 is 28.2. The van der Waals surface area contributed by atoms with Crippen molar-refractivity contribution in [3.63, 3.8) is 0 Å². The molecule has 1 fully saturated rings. The molecule has 1 heterocycles. The van der Waals surface area contributed by atoms with Gasteiger partial charge in [-0.25, -0.2) is 14.4 Å². The molecule has 4 rings (SSSR count). The van der Waals surface area contributed by atoms with Gasteiger partial charge in [-0.2, -0.15) is 0 Å². The smallest absolute Gasteiger partial charge is 0.338 e. The highest BCUT2D eigenvalue weighted by Gasteiger charge is 2.49. The van der Waals surface area contributed by atoms with Gasteiger partial charge in [-0.15, -0.1) is 0 Å². The number of hydrogen-bond donors (Lipinski definition) is 0. The van der Waals surface area contributed by atoms with E-state index in [1.165, 1.54) is 0 Å². The molecule has 0 N–H and O–H groups in total. The first kappa shape index (κ1) is 24.7. The van der Waals surface area contributed by atoms with E-state index in [1.807, 2.05) is 0 Å². The summed E-state index contributed by atoms with van der Waals surface area (Å²) in [5.74, 6) is -2.04. The summed E-state index contributed by atoms with van der Waals surface area (Å²) in [7, 11) is 0. The van der Waals surface area contributed by atoms with Gasteiger partial charge in [-0.1, -0.05) is 61.2 Å². The third-order valence-electron chi connectivity index (χ3n) is 5.39. The van der Waals surface area contributed by atoms with E-state index in [-0.39, 0.29) is 17.7 Å². The van der Waals surface area contributed by atoms with Gasteiger partial charge >= 0.3 is 17.9 Å². The molecule has 0 aliphatic carbocycles. The summed E-state index contributed by atoms with van der Waals surface area (Å²) >= 11 is 0. The van der Waals surface area contributed by atoms with Crippen LogP contribution in [0.1, 0.15) is 31.1 Å². The third kappa shape index (κ3) is 5.97. The van der Waals surface area contributed by atoms with E-state index in [9.17, 15) is 14.4 Å². The summed E-state index contributed by atoms with van der Waals surface area (Å²) in [5, 5.41) is 0. The van der Waals surface area contributed by atoms with Crippen molar-refractivity contribution >= 4 is 17.9 Å². The normalized spacial score (nSPS) is 21.0. The van der Waals surface area contributed by atoms with Gasteiger partial charge in [0.2, 0.25) is 12.4 Å². The molecule has 0 bridgehead atoms. The van der Waals surface area contributed by atoms with Crippen molar-refractivity contribution in [2.24, 2.45) is 0 Å². The molecule has 0 spiro atoms. The lowest BCUT2D eigenvalue weighted by Gasteiger charge is -2.40. The fraction of sp³-hybridized carbons (Fsp3) is 0.179. The highest BCUT2D eigenvalue weighted by Crippen LogP contribution is 2.27. The second-order valence-electron chi connectivity index (χ2n) is 7.79. The lowest BCUT2D eigenvalue weighted by molar-refractivity contribution is -0.252. The zero-order chi connectivity index (χ0) is 25.3. The Morgan fingerprint density at radius 1 is 0.667 bits per heavy atom. The number of carbonyl (C=O) groups is 3. The molecule has 8 nitrogen and oxygen atoms in total. The van der Waals surface area contributed by atoms with Gasteiger partial charge in [0, 0.05) is 0 Å². The Morgan fingerprint density at radius 3 is 1.53 bits per heavy atom. The van der Waals surface area contributed by atoms with E-state index >= 15 is 0 Å². The van der Waals surface area contributed by atoms with Gasteiger partial charge in [-0.05, 0) is 36.4 Å². The van der Waals surface area contributed by atoms with E-state index in [0.29, 0.717) is 5.56 Å². The van der Waals surface area contributed by atoms with Gasteiger partial charge in [0.25, 0.3) is 0 Å². The summed E-state index contributed by atoms with van der Waals surface area (Å²) in [6.45, 7) is 3.35. The van der Waals surface area contributed by atoms with Gasteiger partial charge in [-0.3, -0.25) is 0 Å². The summed E-state index contributed by atoms with van der Waals surface area (Å²) in [5.41, 5.74) is 0.839. The Balaban J connectivity index is 1.64. The van der Waals surface area contributed by atoms with Crippen LogP contribution in [0.3, 0.4) is 0 Å². The van der Waals surface area contributed by atoms with Crippen LogP contribution in [0.5, 0.6) is 0 Å². The van der Waals surface area contributed by atoms with Gasteiger partial charge in [0.1, 0.15) is 0 Å². The van der Waals surface area contributed by atoms with Crippen molar-refractivity contribution in [1.82, 2.24) is 0 Å². The predicted molar refractivity (Wildman–Crippen MR) is 128 cm³/mol. The zero-order valence-electron chi connectivity index (χ0n) is 19.2. The third-order valence-corrected chi connectivity index (χ3v) is 5.39. The molecule has 1 aliphatic heterocycles. The summed E-state index contributed by atoms with van der Waals surface area (Å²) in [6.07, 6.45) is -3.64. The van der Waals surface area contributed by atoms with Crippen molar-refractivity contribution in [2.75, 3.05) is 6.61 Å². The van der Waals surface area contributed by atoms with Gasteiger partial charge in [0.15, 0.2) is 12.2 Å². The van der Waals surface area contributed by atoms with E-state index in [1.54, 1.807) is 91.0 Å². The molecule has 0 amide bonds. The minimum atomic E-state index is -1.27. The maximum absolute atomic E-state index is 13.0. The quantitative estimate of drug-likeness (QED) is 0.265. The first-order valence-electron chi connectivity index (χ1n) is 11.2. The van der Waals surface area contributed by atoms with Crippen molar-refractivity contribution in [2.45, 2.75) is 24.6 Å². The topological polar surface area (TPSA) is 97.4 Å². The molecule has 184 valence electrons. The molecule has 3 aromatic carbocycles. The maximum atomic E-state index is 13.0. The Morgan fingerprint density at radius 2 is 1.08 bits per heavy atom. The van der Waals surface area contributed by atoms with Crippen LogP contribution < -0.4 is 0 Å². The van der Waals surface area contributed by atoms with Crippen molar-refractivity contribution in [1.29, 1.82) is 0 Å². The SMILES string of the molecule is C=CO[C@@H]1OC[C@@H](OC(=O)c2ccccc2)[C@@H](OC(=O)c2ccccc2)[C@H]1OC(=O)c1ccccc1. The Labute approximate surface area is 208 Å². The van der Waals surface area contributed by atoms with Crippen LogP contribution in [0, 0.1) is 0 Å². The van der Waals surface area contributed by atoms with Crippen LogP contribution in [0.2, 0.25) is 0 Å². The lowest BCUT2D eigenvalue weighted by atomic mass is 10.0. The number of hydrogen-bond acceptors (Lipinski definition) is 8. The molecule has 1 saturated heterocycles. The van der Waals surface area contributed by atoms with Crippen molar-refractivity contribution in [3.8, 4) is 0 Å². The molecular formula is C28H24O8. The molecule has 36 heavy (non-hydrogen) atoms. The Kier molecular flexibility index (Phi) is 8.10. The zero-order valence-corrected chi connectivity index (χ0v) is 19.2. The highest BCUT2D eigenvalue weighted by molar-refractivity contribution is 5.91. The minimum Gasteiger partial charge on any atom is -0.469 e. The molecule has 3 aromatic rings. The molecule has 4 atom stereocenters. The molecular weight excluding hydrogens is 464 g/mol. The molecule has 0 aromatic heterocycles. The average Bonchev–Trinajstić information content (AvgIpc) is 2.93. The summed E-state index contributed by atoms with van der Waals surface area (Å²) in [4.78, 5) is 38.7. The fourth-order valence-corrected chi connectivity index (χ4v) is 3.64. The van der Waals surface area contributed by atoms with Crippen LogP contribution in [-0.4, -0.2) is 49.1 Å². The number of ether oxygens (including phenoxy) is 5. The molecule has 8 heteroatoms. The fourth-order valence-electron chi connectivity index (χ4n) is 3.64.